The summed E-state index contributed by atoms with van der Waals surface area (Å²) >= 11 is 0. The molecule has 0 unspecified atom stereocenters. The van der Waals surface area contributed by atoms with Gasteiger partial charge in [-0.2, -0.15) is 5.26 Å². The topological polar surface area (TPSA) is 124 Å². The molecule has 14 rings (SSSR count). The quantitative estimate of drug-likeness (QED) is 0.140. The Labute approximate surface area is 436 Å². The molecule has 0 amide bonds. The lowest BCUT2D eigenvalue weighted by Gasteiger charge is -2.20. The van der Waals surface area contributed by atoms with Crippen LogP contribution in [0, 0.1) is 11.3 Å². The number of pyridine rings is 1. The van der Waals surface area contributed by atoms with Crippen molar-refractivity contribution in [2.24, 2.45) is 0 Å². The zero-order chi connectivity index (χ0) is 50.5. The molecule has 0 bridgehead atoms. The molecule has 9 aromatic carbocycles. The van der Waals surface area contributed by atoms with E-state index in [4.69, 9.17) is 34.9 Å². The van der Waals surface area contributed by atoms with Gasteiger partial charge in [0.15, 0.2) is 34.9 Å². The minimum absolute atomic E-state index is 0.526. The molecule has 0 aliphatic carbocycles. The van der Waals surface area contributed by atoms with Crippen LogP contribution in [0.4, 0.5) is 0 Å². The first-order chi connectivity index (χ1) is 37.6. The third-order valence-electron chi connectivity index (χ3n) is 14.0. The highest BCUT2D eigenvalue weighted by Gasteiger charge is 2.25. The van der Waals surface area contributed by atoms with E-state index in [1.165, 1.54) is 0 Å². The van der Waals surface area contributed by atoms with Gasteiger partial charge in [0.25, 0.3) is 0 Å². The predicted molar refractivity (Wildman–Crippen MR) is 302 cm³/mol. The molecule has 0 radical (unpaired) electrons. The van der Waals surface area contributed by atoms with Crippen LogP contribution in [0.15, 0.2) is 243 Å². The summed E-state index contributed by atoms with van der Waals surface area (Å²) in [5, 5.41) is 15.1. The first kappa shape index (κ1) is 44.0. The van der Waals surface area contributed by atoms with Crippen LogP contribution in [0.25, 0.3) is 134 Å². The number of hydrogen-bond donors (Lipinski definition) is 0. The van der Waals surface area contributed by atoms with Gasteiger partial charge in [0, 0.05) is 66.1 Å². The number of rotatable bonds is 9. The van der Waals surface area contributed by atoms with E-state index >= 15 is 0 Å². The Balaban J connectivity index is 1.03. The maximum Gasteiger partial charge on any atom is 0.164 e. The van der Waals surface area contributed by atoms with Gasteiger partial charge in [-0.15, -0.1) is 0 Å². The predicted octanol–water partition coefficient (Wildman–Crippen LogP) is 15.2. The lowest BCUT2D eigenvalue weighted by Crippen LogP contribution is -2.06. The molecule has 14 aromatic rings. The smallest absolute Gasteiger partial charge is 0.164 e. The Bertz CT molecular complexity index is 4210. The summed E-state index contributed by atoms with van der Waals surface area (Å²) in [4.78, 5) is 35.6. The first-order valence-electron chi connectivity index (χ1n) is 24.9. The molecule has 5 aromatic heterocycles. The average molecular weight is 973 g/mol. The second kappa shape index (κ2) is 18.4. The molecule has 0 fully saturated rings. The van der Waals surface area contributed by atoms with Gasteiger partial charge in [-0.3, -0.25) is 4.98 Å². The van der Waals surface area contributed by atoms with Crippen LogP contribution in [-0.4, -0.2) is 44.0 Å². The van der Waals surface area contributed by atoms with Crippen LogP contribution in [0.1, 0.15) is 5.56 Å². The molecule has 354 valence electrons. The highest BCUT2D eigenvalue weighted by Crippen LogP contribution is 2.44. The van der Waals surface area contributed by atoms with Crippen LogP contribution in [-0.2, 0) is 0 Å². The van der Waals surface area contributed by atoms with Crippen molar-refractivity contribution in [1.29, 1.82) is 5.26 Å². The molecule has 0 N–H and O–H groups in total. The lowest BCUT2D eigenvalue weighted by molar-refractivity contribution is 1.07. The van der Waals surface area contributed by atoms with Crippen LogP contribution >= 0.6 is 0 Å². The van der Waals surface area contributed by atoms with E-state index in [1.54, 1.807) is 0 Å². The number of benzene rings is 9. The Morgan fingerprint density at radius 3 is 1.03 bits per heavy atom. The fourth-order valence-corrected chi connectivity index (χ4v) is 10.5. The number of aromatic nitrogens is 9. The molecule has 0 saturated heterocycles. The van der Waals surface area contributed by atoms with Gasteiger partial charge >= 0.3 is 0 Å². The Kier molecular flexibility index (Phi) is 10.6. The van der Waals surface area contributed by atoms with Gasteiger partial charge < -0.3 is 9.13 Å². The van der Waals surface area contributed by atoms with E-state index in [-0.39, 0.29) is 0 Å². The summed E-state index contributed by atoms with van der Waals surface area (Å²) in [5.74, 6) is 3.40. The normalized spacial score (nSPS) is 11.4. The second-order valence-electron chi connectivity index (χ2n) is 18.5. The van der Waals surface area contributed by atoms with E-state index in [0.29, 0.717) is 40.5 Å². The van der Waals surface area contributed by atoms with Crippen LogP contribution in [0.3, 0.4) is 0 Å². The Morgan fingerprint density at radius 2 is 0.632 bits per heavy atom. The van der Waals surface area contributed by atoms with E-state index in [2.05, 4.69) is 100 Å². The molecule has 76 heavy (non-hydrogen) atoms. The third kappa shape index (κ3) is 7.54. The van der Waals surface area contributed by atoms with E-state index < -0.39 is 0 Å². The summed E-state index contributed by atoms with van der Waals surface area (Å²) in [7, 11) is 0. The van der Waals surface area contributed by atoms with Crippen molar-refractivity contribution in [2.75, 3.05) is 0 Å². The summed E-state index contributed by atoms with van der Waals surface area (Å²) in [6, 6.07) is 80.0. The van der Waals surface area contributed by atoms with E-state index in [0.717, 1.165) is 99.5 Å². The average Bonchev–Trinajstić information content (AvgIpc) is 4.16. The monoisotopic (exact) mass is 972 g/mol. The second-order valence-corrected chi connectivity index (χ2v) is 18.5. The van der Waals surface area contributed by atoms with Gasteiger partial charge in [-0.25, -0.2) is 29.9 Å². The summed E-state index contributed by atoms with van der Waals surface area (Å²) < 4.78 is 4.54. The van der Waals surface area contributed by atoms with Crippen molar-refractivity contribution < 1.29 is 0 Å². The van der Waals surface area contributed by atoms with Crippen LogP contribution in [0.5, 0.6) is 0 Å². The fourth-order valence-electron chi connectivity index (χ4n) is 10.5. The van der Waals surface area contributed by atoms with Crippen LogP contribution in [0.2, 0.25) is 0 Å². The summed E-state index contributed by atoms with van der Waals surface area (Å²) in [5.41, 5.74) is 12.6. The largest absolute Gasteiger partial charge is 0.307 e. The lowest BCUT2D eigenvalue weighted by atomic mass is 9.97. The summed E-state index contributed by atoms with van der Waals surface area (Å²) in [6.45, 7) is 0. The molecule has 0 saturated carbocycles. The molecular weight excluding hydrogens is 933 g/mol. The number of nitrogens with zero attached hydrogens (tertiary/aromatic N) is 10. The minimum atomic E-state index is 0.526. The molecule has 10 nitrogen and oxygen atoms in total. The number of hydrogen-bond acceptors (Lipinski definition) is 8. The molecule has 0 atom stereocenters. The van der Waals surface area contributed by atoms with Crippen molar-refractivity contribution >= 4 is 43.6 Å². The number of para-hydroxylation sites is 2. The molecular formula is C66H40N10. The van der Waals surface area contributed by atoms with Gasteiger partial charge in [0.1, 0.15) is 0 Å². The molecule has 0 aliphatic rings. The number of fused-ring (bicyclic) bond motifs is 6. The molecule has 5 heterocycles. The molecule has 0 spiro atoms. The van der Waals surface area contributed by atoms with Crippen molar-refractivity contribution in [3.8, 4) is 96.9 Å². The van der Waals surface area contributed by atoms with E-state index in [1.807, 2.05) is 158 Å². The SMILES string of the molecule is N#Cc1ccccc1-c1c(-n2c3ccccc3c3ccc(-c4nc(-c5ccccc5)nc(-c5ccccc5)n4)cc32)cncc1-n1c2ccccc2c2ccc(-c3nc(-c4ccccc4)nc(-c4ccccc4)n3)cc21. The van der Waals surface area contributed by atoms with Crippen molar-refractivity contribution in [1.82, 2.24) is 44.0 Å². The standard InChI is InChI=1S/C66H40N10/c67-39-48-27-13-14-28-49(48)60-58(75-54-31-17-15-29-50(54)52-35-33-46(37-56(52)75)65-71-61(42-19-5-1-6-20-42)69-62(72-65)43-21-7-2-8-22-43)40-68-41-59(60)76-55-32-18-16-30-51(55)53-36-34-47(38-57(53)76)66-73-63(44-23-9-3-10-24-44)70-64(74-66)45-25-11-4-12-26-45/h1-38,40-41H. The maximum atomic E-state index is 10.9. The fraction of sp³-hybridized carbons (Fsp3) is 0. The zero-order valence-corrected chi connectivity index (χ0v) is 40.6. The maximum absolute atomic E-state index is 10.9. The highest BCUT2D eigenvalue weighted by atomic mass is 15.1. The third-order valence-corrected chi connectivity index (χ3v) is 14.0. The van der Waals surface area contributed by atoms with E-state index in [9.17, 15) is 5.26 Å². The first-order valence-corrected chi connectivity index (χ1v) is 24.9. The summed E-state index contributed by atoms with van der Waals surface area (Å²) in [6.07, 6.45) is 3.83. The van der Waals surface area contributed by atoms with Crippen LogP contribution < -0.4 is 0 Å². The van der Waals surface area contributed by atoms with Gasteiger partial charge in [0.2, 0.25) is 0 Å². The molecule has 10 heteroatoms. The van der Waals surface area contributed by atoms with Crippen molar-refractivity contribution in [3.63, 3.8) is 0 Å². The minimum Gasteiger partial charge on any atom is -0.307 e. The highest BCUT2D eigenvalue weighted by molar-refractivity contribution is 6.13. The Morgan fingerprint density at radius 1 is 0.303 bits per heavy atom. The van der Waals surface area contributed by atoms with Crippen molar-refractivity contribution in [3.05, 3.63) is 248 Å². The molecule has 0 aliphatic heterocycles. The Hall–Kier alpha value is -10.8. The van der Waals surface area contributed by atoms with Gasteiger partial charge in [0.05, 0.1) is 57.5 Å². The van der Waals surface area contributed by atoms with Gasteiger partial charge in [-0.05, 0) is 30.3 Å². The zero-order valence-electron chi connectivity index (χ0n) is 40.6. The number of nitriles is 1. The van der Waals surface area contributed by atoms with Crippen molar-refractivity contribution in [2.45, 2.75) is 0 Å². The van der Waals surface area contributed by atoms with Gasteiger partial charge in [-0.1, -0.05) is 200 Å².